The molecule has 0 spiro atoms. The molecule has 1 saturated heterocycles. The normalized spacial score (nSPS) is 15.2. The molecule has 1 atom stereocenters. The van der Waals surface area contributed by atoms with E-state index >= 15 is 0 Å². The predicted molar refractivity (Wildman–Crippen MR) is 184 cm³/mol. The fourth-order valence-electron chi connectivity index (χ4n) is 5.72. The van der Waals surface area contributed by atoms with Crippen molar-refractivity contribution in [2.24, 2.45) is 4.99 Å². The van der Waals surface area contributed by atoms with Gasteiger partial charge in [-0.05, 0) is 73.7 Å². The summed E-state index contributed by atoms with van der Waals surface area (Å²) < 4.78 is 24.8. The minimum absolute atomic E-state index is 0.0259. The molecular weight excluding hydrogens is 650 g/mol. The van der Waals surface area contributed by atoms with Crippen LogP contribution in [-0.4, -0.2) is 76.3 Å². The average molecular weight is 686 g/mol. The molecule has 0 unspecified atom stereocenters. The third-order valence-electron chi connectivity index (χ3n) is 8.30. The SMILES string of the molecule is COc1cc(/C=C/C(=O)c2cc(Cl)ccc2O)ccc1OCCCCn1cc(COc2cc3c(cc2OC)C(=O)N2CCC[C@H]2C=N3)nn1. The quantitative estimate of drug-likeness (QED) is 0.0920. The number of ether oxygens (including phenoxy) is 4. The molecule has 1 amide bonds. The van der Waals surface area contributed by atoms with E-state index in [1.807, 2.05) is 23.4 Å². The fraction of sp³-hybridized carbons (Fsp3) is 0.306. The van der Waals surface area contributed by atoms with Gasteiger partial charge in [-0.25, -0.2) is 0 Å². The average Bonchev–Trinajstić information content (AvgIpc) is 3.76. The Morgan fingerprint density at radius 1 is 1.02 bits per heavy atom. The van der Waals surface area contributed by atoms with Crippen LogP contribution in [0.5, 0.6) is 28.7 Å². The molecule has 0 saturated carbocycles. The molecule has 6 rings (SSSR count). The van der Waals surface area contributed by atoms with E-state index in [4.69, 9.17) is 30.5 Å². The molecule has 3 aromatic carbocycles. The van der Waals surface area contributed by atoms with Gasteiger partial charge in [0.2, 0.25) is 0 Å². The van der Waals surface area contributed by atoms with Gasteiger partial charge >= 0.3 is 0 Å². The van der Waals surface area contributed by atoms with E-state index in [1.165, 1.54) is 24.3 Å². The zero-order valence-corrected chi connectivity index (χ0v) is 27.9. The van der Waals surface area contributed by atoms with E-state index in [0.717, 1.165) is 37.8 Å². The van der Waals surface area contributed by atoms with Gasteiger partial charge in [0.1, 0.15) is 18.1 Å². The van der Waals surface area contributed by atoms with Gasteiger partial charge in [0, 0.05) is 30.4 Å². The number of aromatic nitrogens is 3. The highest BCUT2D eigenvalue weighted by Gasteiger charge is 2.32. The summed E-state index contributed by atoms with van der Waals surface area (Å²) >= 11 is 5.96. The van der Waals surface area contributed by atoms with Gasteiger partial charge in [-0.2, -0.15) is 0 Å². The van der Waals surface area contributed by atoms with E-state index in [9.17, 15) is 14.7 Å². The largest absolute Gasteiger partial charge is 0.507 e. The lowest BCUT2D eigenvalue weighted by molar-refractivity contribution is 0.0774. The Bertz CT molecular complexity index is 1910. The number of halogens is 1. The number of ketones is 1. The second-order valence-corrected chi connectivity index (χ2v) is 12.0. The number of aliphatic imine (C=N–C) groups is 1. The number of allylic oxidation sites excluding steroid dienone is 1. The first kappa shape index (κ1) is 33.5. The van der Waals surface area contributed by atoms with E-state index in [2.05, 4.69) is 15.3 Å². The number of aryl methyl sites for hydroxylation is 1. The van der Waals surface area contributed by atoms with E-state index in [1.54, 1.807) is 49.2 Å². The molecule has 13 heteroatoms. The maximum atomic E-state index is 13.1. The number of rotatable bonds is 14. The van der Waals surface area contributed by atoms with Crippen LogP contribution in [0.25, 0.3) is 6.08 Å². The molecule has 254 valence electrons. The van der Waals surface area contributed by atoms with Crippen LogP contribution in [0.4, 0.5) is 5.69 Å². The molecule has 0 radical (unpaired) electrons. The van der Waals surface area contributed by atoms with Crippen molar-refractivity contribution in [3.05, 3.63) is 88.2 Å². The summed E-state index contributed by atoms with van der Waals surface area (Å²) in [5.41, 5.74) is 2.58. The number of methoxy groups -OCH3 is 2. The van der Waals surface area contributed by atoms with Gasteiger partial charge in [-0.1, -0.05) is 29.0 Å². The Balaban J connectivity index is 0.971. The van der Waals surface area contributed by atoms with Crippen molar-refractivity contribution >= 4 is 41.3 Å². The zero-order chi connectivity index (χ0) is 34.3. The van der Waals surface area contributed by atoms with Crippen LogP contribution < -0.4 is 18.9 Å². The van der Waals surface area contributed by atoms with Crippen LogP contribution in [0.15, 0.2) is 65.8 Å². The van der Waals surface area contributed by atoms with Crippen LogP contribution in [0.2, 0.25) is 5.02 Å². The first-order valence-corrected chi connectivity index (χ1v) is 16.3. The summed E-state index contributed by atoms with van der Waals surface area (Å²) in [6.45, 7) is 2.01. The van der Waals surface area contributed by atoms with Crippen molar-refractivity contribution in [1.29, 1.82) is 0 Å². The number of hydrogen-bond donors (Lipinski definition) is 1. The number of amides is 1. The summed E-state index contributed by atoms with van der Waals surface area (Å²) in [6, 6.07) is 13.2. The van der Waals surface area contributed by atoms with Crippen molar-refractivity contribution in [2.45, 2.75) is 44.9 Å². The van der Waals surface area contributed by atoms with Gasteiger partial charge in [0.25, 0.3) is 5.91 Å². The number of fused-ring (bicyclic) bond motifs is 2. The number of benzene rings is 3. The third kappa shape index (κ3) is 7.86. The lowest BCUT2D eigenvalue weighted by atomic mass is 10.1. The summed E-state index contributed by atoms with van der Waals surface area (Å²) in [6.07, 6.45) is 10.1. The fourth-order valence-corrected chi connectivity index (χ4v) is 5.89. The first-order valence-electron chi connectivity index (χ1n) is 15.9. The lowest BCUT2D eigenvalue weighted by Gasteiger charge is -2.20. The highest BCUT2D eigenvalue weighted by molar-refractivity contribution is 6.31. The topological polar surface area (TPSA) is 138 Å². The Labute approximate surface area is 288 Å². The molecule has 2 aliphatic heterocycles. The Morgan fingerprint density at radius 3 is 2.69 bits per heavy atom. The van der Waals surface area contributed by atoms with Crippen LogP contribution in [0, 0.1) is 0 Å². The lowest BCUT2D eigenvalue weighted by Crippen LogP contribution is -2.35. The predicted octanol–water partition coefficient (Wildman–Crippen LogP) is 6.31. The molecule has 1 fully saturated rings. The van der Waals surface area contributed by atoms with E-state index in [0.29, 0.717) is 58.1 Å². The second kappa shape index (κ2) is 15.2. The second-order valence-electron chi connectivity index (χ2n) is 11.6. The van der Waals surface area contributed by atoms with Crippen molar-refractivity contribution in [1.82, 2.24) is 19.9 Å². The number of phenols is 1. The highest BCUT2D eigenvalue weighted by atomic mass is 35.5. The number of aromatic hydroxyl groups is 1. The van der Waals surface area contributed by atoms with Gasteiger partial charge in [0.15, 0.2) is 28.8 Å². The van der Waals surface area contributed by atoms with E-state index in [-0.39, 0.29) is 35.7 Å². The number of phenolic OH excluding ortho intramolecular Hbond substituents is 1. The molecule has 0 bridgehead atoms. The number of hydrogen-bond acceptors (Lipinski definition) is 10. The van der Waals surface area contributed by atoms with Crippen molar-refractivity contribution in [2.75, 3.05) is 27.4 Å². The molecule has 1 N–H and O–H groups in total. The van der Waals surface area contributed by atoms with Crippen LogP contribution >= 0.6 is 11.6 Å². The first-order chi connectivity index (χ1) is 23.8. The molecule has 1 aromatic heterocycles. The number of carbonyl (C=O) groups excluding carboxylic acids is 2. The van der Waals surface area contributed by atoms with Crippen molar-refractivity contribution in [3.8, 4) is 28.7 Å². The zero-order valence-electron chi connectivity index (χ0n) is 27.2. The van der Waals surface area contributed by atoms with Gasteiger partial charge in [0.05, 0.1) is 49.9 Å². The third-order valence-corrected chi connectivity index (χ3v) is 8.53. The summed E-state index contributed by atoms with van der Waals surface area (Å²) in [7, 11) is 3.10. The van der Waals surface area contributed by atoms with Gasteiger partial charge in [-0.15, -0.1) is 5.10 Å². The minimum Gasteiger partial charge on any atom is -0.507 e. The number of nitrogens with zero attached hydrogens (tertiary/aromatic N) is 5. The molecule has 49 heavy (non-hydrogen) atoms. The van der Waals surface area contributed by atoms with Crippen LogP contribution in [0.1, 0.15) is 57.7 Å². The summed E-state index contributed by atoms with van der Waals surface area (Å²) in [5.74, 6) is 1.51. The standard InChI is InChI=1S/C36H36ClN5O7/c1-46-33-16-23(7-10-30(43)28-17-24(37)9-11-31(28)44)8-12-32(33)48-15-4-3-13-41-21-25(39-40-41)22-49-35-19-29-27(18-34(35)47-2)36(45)42-14-5-6-26(42)20-38-29/h7-12,16-21,26,44H,3-6,13-15,22H2,1-2H3/b10-7+/t26-/m0/s1. The monoisotopic (exact) mass is 685 g/mol. The van der Waals surface area contributed by atoms with Crippen LogP contribution in [-0.2, 0) is 13.2 Å². The molecule has 3 heterocycles. The Morgan fingerprint density at radius 2 is 1.86 bits per heavy atom. The van der Waals surface area contributed by atoms with Crippen molar-refractivity contribution < 1.29 is 33.6 Å². The summed E-state index contributed by atoms with van der Waals surface area (Å²) in [4.78, 5) is 32.1. The summed E-state index contributed by atoms with van der Waals surface area (Å²) in [5, 5.41) is 18.8. The Hall–Kier alpha value is -5.36. The maximum Gasteiger partial charge on any atom is 0.256 e. The van der Waals surface area contributed by atoms with Gasteiger partial charge in [-0.3, -0.25) is 19.3 Å². The Kier molecular flexibility index (Phi) is 10.4. The molecule has 0 aliphatic carbocycles. The van der Waals surface area contributed by atoms with E-state index < -0.39 is 0 Å². The number of unbranched alkanes of at least 4 members (excludes halogenated alkanes) is 1. The van der Waals surface area contributed by atoms with Crippen molar-refractivity contribution in [3.63, 3.8) is 0 Å². The molecule has 12 nitrogen and oxygen atoms in total. The molecular formula is C36H36ClN5O7. The highest BCUT2D eigenvalue weighted by Crippen LogP contribution is 2.38. The molecule has 2 aliphatic rings. The molecule has 4 aromatic rings. The van der Waals surface area contributed by atoms with Gasteiger partial charge < -0.3 is 29.0 Å². The number of carbonyl (C=O) groups is 2. The van der Waals surface area contributed by atoms with Crippen LogP contribution in [0.3, 0.4) is 0 Å². The smallest absolute Gasteiger partial charge is 0.256 e. The minimum atomic E-state index is -0.370. The maximum absolute atomic E-state index is 13.1.